The molecule has 5 rings (SSSR count). The Labute approximate surface area is 434 Å². The van der Waals surface area contributed by atoms with E-state index < -0.39 is 48.7 Å². The fraction of sp³-hybridized carbons (Fsp3) is 0.526. The molecule has 4 aromatic rings. The third-order valence-corrected chi connectivity index (χ3v) is 26.6. The van der Waals surface area contributed by atoms with Crippen LogP contribution in [0.1, 0.15) is 103 Å². The number of hydrogen-bond donors (Lipinski definition) is 0. The molecule has 1 fully saturated rings. The van der Waals surface area contributed by atoms with E-state index >= 15 is 0 Å². The van der Waals surface area contributed by atoms with Crippen molar-refractivity contribution in [2.24, 2.45) is 5.92 Å². The molecular weight excluding hydrogens is 964 g/mol. The smallest absolute Gasteiger partial charge is 0.342 e. The molecule has 0 saturated carbocycles. The van der Waals surface area contributed by atoms with Crippen molar-refractivity contribution in [1.82, 2.24) is 0 Å². The third-order valence-electron chi connectivity index (χ3n) is 13.7. The molecule has 4 aromatic carbocycles. The largest absolute Gasteiger partial charge is 0.467 e. The summed E-state index contributed by atoms with van der Waals surface area (Å²) >= 11 is 8.58. The number of thioether (sulfide) groups is 1. The van der Waals surface area contributed by atoms with E-state index in [2.05, 4.69) is 173 Å². The van der Waals surface area contributed by atoms with Crippen LogP contribution in [-0.4, -0.2) is 81.4 Å². The van der Waals surface area contributed by atoms with Crippen LogP contribution in [0.5, 0.6) is 5.75 Å². The molecule has 0 aliphatic carbocycles. The van der Waals surface area contributed by atoms with Crippen molar-refractivity contribution in [1.29, 1.82) is 0 Å². The predicted octanol–water partition coefficient (Wildman–Crippen LogP) is 14.5. The van der Waals surface area contributed by atoms with Gasteiger partial charge in [0.25, 0.3) is 8.32 Å². The lowest BCUT2D eigenvalue weighted by Gasteiger charge is -2.45. The Kier molecular flexibility index (Phi) is 20.1. The molecule has 0 aromatic heterocycles. The Bertz CT molecular complexity index is 2250. The molecule has 0 N–H and O–H groups in total. The number of ether oxygens (including phenoxy) is 5. The van der Waals surface area contributed by atoms with Gasteiger partial charge in [-0.25, -0.2) is 4.79 Å². The summed E-state index contributed by atoms with van der Waals surface area (Å²) in [5, 5.41) is 2.47. The highest BCUT2D eigenvalue weighted by Gasteiger charge is 2.52. The highest BCUT2D eigenvalue weighted by molar-refractivity contribution is 7.99. The van der Waals surface area contributed by atoms with Crippen LogP contribution in [0.4, 0.5) is 0 Å². The zero-order valence-corrected chi connectivity index (χ0v) is 49.6. The standard InChI is InChI=1S/C57H83ClO8SSi3/c1-41(42(2)65-70(56(6,7)8,45-28-22-18-23-29-45)46-30-24-19-25-31-46)32-33-49(66-69(15,16)55(3,4)5)53-48(63-57(9,10)64-53)34-35-51(67-44-26-20-17-21-27-44)47-38-43(58)39-50(62-40-60-11)52(47)54(59)61-36-37-68(12,13)14/h17-33,38-39,41-42,48-49,51,53H,34-37,40H2,1-16H3/b33-32-/t41-,42+,48+,49?,51?,53+/m1/s1. The Hall–Kier alpha value is -3.02. The van der Waals surface area contributed by atoms with Gasteiger partial charge in [0.1, 0.15) is 17.4 Å². The van der Waals surface area contributed by atoms with Crippen molar-refractivity contribution in [3.63, 3.8) is 0 Å². The van der Waals surface area contributed by atoms with Crippen LogP contribution in [0.2, 0.25) is 53.9 Å². The number of hydrogen-bond acceptors (Lipinski definition) is 9. The molecule has 0 spiro atoms. The minimum atomic E-state index is -2.82. The van der Waals surface area contributed by atoms with E-state index in [0.717, 1.165) is 16.5 Å². The van der Waals surface area contributed by atoms with Gasteiger partial charge < -0.3 is 32.5 Å². The van der Waals surface area contributed by atoms with Crippen molar-refractivity contribution >= 4 is 64.4 Å². The maximum Gasteiger partial charge on any atom is 0.342 e. The zero-order valence-electron chi connectivity index (χ0n) is 45.0. The summed E-state index contributed by atoms with van der Waals surface area (Å²) in [6, 6.07) is 36.3. The molecule has 1 aliphatic rings. The normalized spacial score (nSPS) is 18.6. The third kappa shape index (κ3) is 15.3. The van der Waals surface area contributed by atoms with Crippen molar-refractivity contribution in [3.8, 4) is 5.75 Å². The Morgan fingerprint density at radius 1 is 0.800 bits per heavy atom. The van der Waals surface area contributed by atoms with Crippen LogP contribution in [0.15, 0.2) is 120 Å². The van der Waals surface area contributed by atoms with Crippen molar-refractivity contribution in [2.75, 3.05) is 20.5 Å². The van der Waals surface area contributed by atoms with E-state index in [-0.39, 0.29) is 40.2 Å². The predicted molar refractivity (Wildman–Crippen MR) is 299 cm³/mol. The molecule has 1 heterocycles. The first-order chi connectivity index (χ1) is 32.7. The first-order valence-electron chi connectivity index (χ1n) is 25.0. The lowest BCUT2D eigenvalue weighted by atomic mass is 9.96. The van der Waals surface area contributed by atoms with Gasteiger partial charge in [-0.2, -0.15) is 0 Å². The average Bonchev–Trinajstić information content (AvgIpc) is 3.60. The molecular formula is C57H83ClO8SSi3. The molecule has 2 unspecified atom stereocenters. The van der Waals surface area contributed by atoms with E-state index in [1.807, 2.05) is 38.1 Å². The van der Waals surface area contributed by atoms with Crippen LogP contribution >= 0.6 is 23.4 Å². The molecule has 0 bridgehead atoms. The first-order valence-corrected chi connectivity index (χ1v) is 34.8. The van der Waals surface area contributed by atoms with Crippen molar-refractivity contribution in [2.45, 2.75) is 171 Å². The van der Waals surface area contributed by atoms with Gasteiger partial charge >= 0.3 is 5.97 Å². The van der Waals surface area contributed by atoms with Gasteiger partial charge in [-0.1, -0.05) is 171 Å². The van der Waals surface area contributed by atoms with Crippen molar-refractivity contribution in [3.05, 3.63) is 131 Å². The summed E-state index contributed by atoms with van der Waals surface area (Å²) in [6.07, 6.45) is 4.35. The van der Waals surface area contributed by atoms with Crippen LogP contribution in [0.25, 0.3) is 0 Å². The second-order valence-electron chi connectivity index (χ2n) is 23.1. The van der Waals surface area contributed by atoms with Crippen LogP contribution in [0, 0.1) is 5.92 Å². The average molecular weight is 1050 g/mol. The molecule has 1 saturated heterocycles. The zero-order chi connectivity index (χ0) is 51.7. The van der Waals surface area contributed by atoms with Gasteiger partial charge in [0.05, 0.1) is 18.8 Å². The quantitative estimate of drug-likeness (QED) is 0.0237. The first kappa shape index (κ1) is 57.9. The molecule has 0 amide bonds. The molecule has 6 atom stereocenters. The van der Waals surface area contributed by atoms with Gasteiger partial charge in [0, 0.05) is 36.5 Å². The van der Waals surface area contributed by atoms with E-state index in [1.54, 1.807) is 24.9 Å². The van der Waals surface area contributed by atoms with E-state index in [0.29, 0.717) is 35.8 Å². The minimum absolute atomic E-state index is 0.0221. The second-order valence-corrected chi connectivity index (χ2v) is 39.4. The fourth-order valence-electron chi connectivity index (χ4n) is 8.71. The van der Waals surface area contributed by atoms with Crippen LogP contribution in [0.3, 0.4) is 0 Å². The topological polar surface area (TPSA) is 81.7 Å². The van der Waals surface area contributed by atoms with Gasteiger partial charge in [0.15, 0.2) is 20.9 Å². The monoisotopic (exact) mass is 1050 g/mol. The molecule has 384 valence electrons. The van der Waals surface area contributed by atoms with E-state index in [4.69, 9.17) is 44.1 Å². The maximum atomic E-state index is 14.3. The highest BCUT2D eigenvalue weighted by Crippen LogP contribution is 2.47. The number of methoxy groups -OCH3 is 1. The Balaban J connectivity index is 1.54. The van der Waals surface area contributed by atoms with Crippen LogP contribution in [-0.2, 0) is 27.8 Å². The SMILES string of the molecule is COCOc1cc(Cl)cc(C(CC[C@@H]2OC(C)(C)O[C@@H]2C(/C=C\[C@@H](C)[C@H](C)O[Si](c2ccccc2)(c2ccccc2)C(C)(C)C)O[Si](C)(C)C(C)(C)C)Sc2ccccc2)c1C(=O)OCC[Si](C)(C)C. The lowest BCUT2D eigenvalue weighted by molar-refractivity contribution is -0.152. The summed E-state index contributed by atoms with van der Waals surface area (Å²) in [5.41, 5.74) is 1.09. The number of esters is 1. The molecule has 1 aliphatic heterocycles. The summed E-state index contributed by atoms with van der Waals surface area (Å²) in [6.45, 7) is 33.8. The van der Waals surface area contributed by atoms with Gasteiger partial charge in [-0.3, -0.25) is 0 Å². The van der Waals surface area contributed by atoms with Gasteiger partial charge in [0.2, 0.25) is 0 Å². The van der Waals surface area contributed by atoms with E-state index in [9.17, 15) is 4.79 Å². The molecule has 70 heavy (non-hydrogen) atoms. The van der Waals surface area contributed by atoms with Gasteiger partial charge in [-0.05, 0) is 109 Å². The maximum absolute atomic E-state index is 14.3. The number of carbonyl (C=O) groups is 1. The highest BCUT2D eigenvalue weighted by atomic mass is 35.5. The number of benzene rings is 4. The van der Waals surface area contributed by atoms with Crippen LogP contribution < -0.4 is 15.1 Å². The number of rotatable bonds is 23. The number of carbonyl (C=O) groups excluding carboxylic acids is 1. The second kappa shape index (κ2) is 24.3. The number of halogens is 1. The minimum Gasteiger partial charge on any atom is -0.467 e. The molecule has 8 nitrogen and oxygen atoms in total. The Morgan fingerprint density at radius 3 is 1.90 bits per heavy atom. The van der Waals surface area contributed by atoms with Crippen molar-refractivity contribution < 1.29 is 37.3 Å². The lowest BCUT2D eigenvalue weighted by Crippen LogP contribution is -2.67. The molecule has 13 heteroatoms. The summed E-state index contributed by atoms with van der Waals surface area (Å²) in [7, 11) is -5.15. The fourth-order valence-corrected chi connectivity index (χ4v) is 16.9. The Morgan fingerprint density at radius 2 is 1.37 bits per heavy atom. The molecule has 0 radical (unpaired) electrons. The summed E-state index contributed by atoms with van der Waals surface area (Å²) in [4.78, 5) is 15.3. The summed E-state index contributed by atoms with van der Waals surface area (Å²) in [5.74, 6) is -0.970. The summed E-state index contributed by atoms with van der Waals surface area (Å²) < 4.78 is 46.3. The van der Waals surface area contributed by atoms with Gasteiger partial charge in [-0.15, -0.1) is 11.8 Å². The van der Waals surface area contributed by atoms with E-state index in [1.165, 1.54) is 10.4 Å².